The summed E-state index contributed by atoms with van der Waals surface area (Å²) in [6.45, 7) is 0. The summed E-state index contributed by atoms with van der Waals surface area (Å²) >= 11 is 0. The van der Waals surface area contributed by atoms with Gasteiger partial charge in [-0.2, -0.15) is 0 Å². The zero-order valence-corrected chi connectivity index (χ0v) is 43.4. The van der Waals surface area contributed by atoms with Gasteiger partial charge in [0.1, 0.15) is 164 Å². The highest BCUT2D eigenvalue weighted by Crippen LogP contribution is 2.48. The predicted octanol–water partition coefficient (Wildman–Crippen LogP) is -3.76. The monoisotopic (exact) mass is 990 g/mol. The third-order valence-electron chi connectivity index (χ3n) is 17.3. The molecule has 0 fully saturated rings. The SMILES string of the molecule is [B]c1c([B])c2c([B])c([B])c3c([B])c([B])c(-c4cc(-c5ccc6oc7ccccc7c6c5)c(-c5ccc6oc7ccccc7c6c5)c(-c5c([B])c([B])c6c([B])c([B])c7c([B])c([B])c([B])c8c([B])c([B])c5c6c78)c4)c4c([B])c([B])c(c1[B])c2c34. The number of fused-ring (bicyclic) bond motifs is 6. The van der Waals surface area contributed by atoms with Crippen LogP contribution < -0.4 is 98.3 Å². The molecule has 0 aliphatic carbocycles. The zero-order chi connectivity index (χ0) is 57.3. The molecule has 0 unspecified atom stereocenters. The molecular formula is C62H16B18O2. The molecule has 0 saturated heterocycles. The molecule has 0 aliphatic heterocycles. The van der Waals surface area contributed by atoms with Gasteiger partial charge in [-0.05, 0) is 158 Å². The van der Waals surface area contributed by atoms with E-state index in [4.69, 9.17) is 150 Å². The second-order valence-electron chi connectivity index (χ2n) is 21.3. The van der Waals surface area contributed by atoms with Crippen molar-refractivity contribution < 1.29 is 8.83 Å². The first kappa shape index (κ1) is 51.6. The van der Waals surface area contributed by atoms with Crippen LogP contribution in [0.2, 0.25) is 0 Å². The Balaban J connectivity index is 1.21. The Kier molecular flexibility index (Phi) is 11.1. The summed E-state index contributed by atoms with van der Waals surface area (Å²) in [6, 6.07) is 31.5. The number of hydrogen-bond acceptors (Lipinski definition) is 2. The van der Waals surface area contributed by atoms with Crippen LogP contribution in [0.5, 0.6) is 0 Å². The van der Waals surface area contributed by atoms with Crippen LogP contribution in [0, 0.1) is 0 Å². The average molecular weight is 987 g/mol. The fourth-order valence-corrected chi connectivity index (χ4v) is 13.4. The van der Waals surface area contributed by atoms with Gasteiger partial charge in [0.15, 0.2) is 0 Å². The number of furan rings is 2. The maximum atomic E-state index is 7.61. The molecule has 2 nitrogen and oxygen atoms in total. The summed E-state index contributed by atoms with van der Waals surface area (Å²) in [5.41, 5.74) is 8.42. The average Bonchev–Trinajstić information content (AvgIpc) is 4.28. The van der Waals surface area contributed by atoms with Gasteiger partial charge in [0.2, 0.25) is 0 Å². The summed E-state index contributed by atoms with van der Waals surface area (Å²) < 4.78 is 12.8. The maximum absolute atomic E-state index is 7.61. The van der Waals surface area contributed by atoms with Crippen molar-refractivity contribution in [2.75, 3.05) is 0 Å². The third-order valence-corrected chi connectivity index (χ3v) is 17.3. The van der Waals surface area contributed by atoms with Crippen LogP contribution in [-0.2, 0) is 0 Å². The quantitative estimate of drug-likeness (QED) is 0.134. The smallest absolute Gasteiger partial charge is 0.135 e. The fraction of sp³-hybridized carbons (Fsp3) is 0. The van der Waals surface area contributed by atoms with E-state index < -0.39 is 0 Å². The first-order valence-corrected chi connectivity index (χ1v) is 25.8. The van der Waals surface area contributed by atoms with Gasteiger partial charge in [-0.25, -0.2) is 0 Å². The Morgan fingerprint density at radius 1 is 0.195 bits per heavy atom. The highest BCUT2D eigenvalue weighted by atomic mass is 16.3. The number of para-hydroxylation sites is 2. The Bertz CT molecular complexity index is 5460. The minimum absolute atomic E-state index is 0.0447. The zero-order valence-electron chi connectivity index (χ0n) is 43.4. The van der Waals surface area contributed by atoms with Crippen LogP contribution in [-0.4, -0.2) is 141 Å². The van der Waals surface area contributed by atoms with E-state index in [0.717, 1.165) is 27.1 Å². The molecule has 0 spiro atoms. The molecule has 0 amide bonds. The first-order chi connectivity index (χ1) is 39.2. The van der Waals surface area contributed by atoms with Crippen LogP contribution >= 0.6 is 0 Å². The van der Waals surface area contributed by atoms with Crippen molar-refractivity contribution in [1.82, 2.24) is 0 Å². The molecule has 15 aromatic rings. The topological polar surface area (TPSA) is 26.3 Å². The van der Waals surface area contributed by atoms with E-state index in [1.165, 1.54) is 0 Å². The van der Waals surface area contributed by atoms with Crippen molar-refractivity contribution in [2.45, 2.75) is 0 Å². The van der Waals surface area contributed by atoms with Gasteiger partial charge in [0, 0.05) is 21.5 Å². The van der Waals surface area contributed by atoms with Crippen LogP contribution in [0.15, 0.2) is 106 Å². The molecule has 2 aromatic heterocycles. The van der Waals surface area contributed by atoms with Gasteiger partial charge >= 0.3 is 0 Å². The van der Waals surface area contributed by atoms with Crippen molar-refractivity contribution in [3.63, 3.8) is 0 Å². The number of benzene rings is 13. The molecule has 0 aliphatic rings. The third kappa shape index (κ3) is 6.45. The van der Waals surface area contributed by atoms with E-state index >= 15 is 0 Å². The van der Waals surface area contributed by atoms with Crippen molar-refractivity contribution in [3.8, 4) is 44.5 Å². The van der Waals surface area contributed by atoms with Crippen molar-refractivity contribution in [3.05, 3.63) is 97.1 Å². The number of hydrogen-bond donors (Lipinski definition) is 0. The Hall–Kier alpha value is -7.29. The molecular weight excluding hydrogens is 971 g/mol. The van der Waals surface area contributed by atoms with E-state index in [9.17, 15) is 0 Å². The van der Waals surface area contributed by atoms with Crippen LogP contribution in [0.3, 0.4) is 0 Å². The lowest BCUT2D eigenvalue weighted by Gasteiger charge is -2.31. The summed E-state index contributed by atoms with van der Waals surface area (Å²) in [4.78, 5) is 0. The van der Waals surface area contributed by atoms with E-state index in [2.05, 4.69) is 12.1 Å². The normalized spacial score (nSPS) is 12.3. The number of rotatable bonds is 4. The minimum atomic E-state index is 0.0447. The van der Waals surface area contributed by atoms with Gasteiger partial charge in [0.05, 0.1) is 0 Å². The molecule has 13 aromatic carbocycles. The van der Waals surface area contributed by atoms with E-state index in [-0.39, 0.29) is 98.3 Å². The minimum Gasteiger partial charge on any atom is -0.456 e. The van der Waals surface area contributed by atoms with Crippen LogP contribution in [0.4, 0.5) is 0 Å². The summed E-state index contributed by atoms with van der Waals surface area (Å²) in [5, 5.41) is 7.67. The van der Waals surface area contributed by atoms with Gasteiger partial charge in [-0.1, -0.05) is 136 Å². The second-order valence-corrected chi connectivity index (χ2v) is 21.3. The molecule has 82 heavy (non-hydrogen) atoms. The van der Waals surface area contributed by atoms with Gasteiger partial charge in [-0.3, -0.25) is 0 Å². The summed E-state index contributed by atoms with van der Waals surface area (Å²) in [6.07, 6.45) is 0. The van der Waals surface area contributed by atoms with Crippen LogP contribution in [0.25, 0.3) is 153 Å². The molecule has 0 bridgehead atoms. The summed E-state index contributed by atoms with van der Waals surface area (Å²) in [7, 11) is 127. The lowest BCUT2D eigenvalue weighted by atomic mass is 9.57. The second kappa shape index (κ2) is 17.6. The Morgan fingerprint density at radius 3 is 0.939 bits per heavy atom. The largest absolute Gasteiger partial charge is 0.456 e. The molecule has 0 saturated carbocycles. The van der Waals surface area contributed by atoms with E-state index in [0.29, 0.717) is 126 Å². The highest BCUT2D eigenvalue weighted by molar-refractivity contribution is 6.77. The van der Waals surface area contributed by atoms with E-state index in [1.54, 1.807) is 0 Å². The van der Waals surface area contributed by atoms with Crippen molar-refractivity contribution in [1.29, 1.82) is 0 Å². The molecule has 330 valence electrons. The molecule has 0 atom stereocenters. The molecule has 36 radical (unpaired) electrons. The summed E-state index contributed by atoms with van der Waals surface area (Å²) in [5.74, 6) is 0. The Morgan fingerprint density at radius 2 is 0.500 bits per heavy atom. The maximum Gasteiger partial charge on any atom is 0.135 e. The first-order valence-electron chi connectivity index (χ1n) is 25.8. The lowest BCUT2D eigenvalue weighted by Crippen LogP contribution is -2.48. The van der Waals surface area contributed by atoms with Crippen molar-refractivity contribution >= 4 is 348 Å². The van der Waals surface area contributed by atoms with Crippen LogP contribution in [0.1, 0.15) is 0 Å². The van der Waals surface area contributed by atoms with Gasteiger partial charge < -0.3 is 8.83 Å². The molecule has 15 rings (SSSR count). The molecule has 2 heterocycles. The van der Waals surface area contributed by atoms with Crippen molar-refractivity contribution in [2.24, 2.45) is 0 Å². The fourth-order valence-electron chi connectivity index (χ4n) is 13.4. The Labute approximate surface area is 495 Å². The standard InChI is InChI=1S/C62H16B18O2/c63-45-31(37-33-35-41(51(69)47(37)65)57(75)61(79)59(77)43(35)55(73)53(71)39(33)49(45)67)19-15-22(17-9-11-28-23(13-17)20-5-1-3-7-26(20)81-28)30(18-10-12-29-24(14-18)21-6-2-4-8-27(21)82-29)25(16-19)32-38-34-36-42(52(70)48(38)66)58(76)62(80)60(78)44(36)56(74)54(72)40(34)50(68)46(32)64/h1-16H. The van der Waals surface area contributed by atoms with E-state index in [1.807, 2.05) is 84.9 Å². The van der Waals surface area contributed by atoms with Gasteiger partial charge in [-0.15, -0.1) is 10.9 Å². The van der Waals surface area contributed by atoms with Gasteiger partial charge in [0.25, 0.3) is 0 Å². The lowest BCUT2D eigenvalue weighted by molar-refractivity contribution is 0.668. The predicted molar refractivity (Wildman–Crippen MR) is 367 cm³/mol. The molecule has 0 N–H and O–H groups in total. The highest BCUT2D eigenvalue weighted by Gasteiger charge is 2.31. The molecule has 20 heteroatoms.